The molecule has 1 fully saturated rings. The van der Waals surface area contributed by atoms with Crippen LogP contribution in [-0.4, -0.2) is 59.6 Å². The number of nitrogens with one attached hydrogen (secondary N) is 2. The van der Waals surface area contributed by atoms with Crippen LogP contribution in [0.1, 0.15) is 6.42 Å². The summed E-state index contributed by atoms with van der Waals surface area (Å²) in [6.07, 6.45) is 6.41. The minimum absolute atomic E-state index is 0.0722. The lowest BCUT2D eigenvalue weighted by molar-refractivity contribution is -0.124. The predicted octanol–water partition coefficient (Wildman–Crippen LogP) is -0.707. The summed E-state index contributed by atoms with van der Waals surface area (Å²) in [5.41, 5.74) is 0. The molecule has 1 aromatic rings. The lowest BCUT2D eigenvalue weighted by Gasteiger charge is -2.29. The molecule has 1 amide bonds. The number of aryl methyl sites for hydroxylation is 1. The Labute approximate surface area is 107 Å². The molecule has 1 aliphatic rings. The van der Waals surface area contributed by atoms with E-state index in [4.69, 9.17) is 0 Å². The number of rotatable bonds is 5. The third-order valence-electron chi connectivity index (χ3n) is 3.15. The summed E-state index contributed by atoms with van der Waals surface area (Å²) in [6.45, 7) is 4.26. The molecule has 100 valence electrons. The van der Waals surface area contributed by atoms with Gasteiger partial charge >= 0.3 is 0 Å². The Hall–Kier alpha value is -1.40. The molecule has 2 N–H and O–H groups in total. The smallest absolute Gasteiger partial charge is 0.238 e. The van der Waals surface area contributed by atoms with Crippen LogP contribution < -0.4 is 10.6 Å². The van der Waals surface area contributed by atoms with Crippen LogP contribution >= 0.6 is 0 Å². The van der Waals surface area contributed by atoms with Crippen LogP contribution in [0.4, 0.5) is 0 Å². The van der Waals surface area contributed by atoms with Crippen LogP contribution in [0.25, 0.3) is 0 Å². The summed E-state index contributed by atoms with van der Waals surface area (Å²) in [5.74, 6) is 0.104. The van der Waals surface area contributed by atoms with E-state index in [-0.39, 0.29) is 11.9 Å². The van der Waals surface area contributed by atoms with Gasteiger partial charge in [-0.2, -0.15) is 0 Å². The van der Waals surface area contributed by atoms with Gasteiger partial charge in [-0.1, -0.05) is 0 Å². The van der Waals surface area contributed by atoms with Crippen molar-refractivity contribution in [1.82, 2.24) is 25.1 Å². The molecule has 0 aromatic carbocycles. The molecular weight excluding hydrogens is 230 g/mol. The molecule has 0 aliphatic carbocycles. The quantitative estimate of drug-likeness (QED) is 0.679. The zero-order valence-corrected chi connectivity index (χ0v) is 10.8. The molecule has 2 heterocycles. The van der Waals surface area contributed by atoms with E-state index in [0.717, 1.165) is 32.6 Å². The monoisotopic (exact) mass is 251 g/mol. The summed E-state index contributed by atoms with van der Waals surface area (Å²) in [4.78, 5) is 18.0. The van der Waals surface area contributed by atoms with Crippen molar-refractivity contribution in [3.63, 3.8) is 0 Å². The first-order valence-corrected chi connectivity index (χ1v) is 6.41. The maximum Gasteiger partial charge on any atom is 0.238 e. The van der Waals surface area contributed by atoms with Crippen molar-refractivity contribution in [3.8, 4) is 0 Å². The number of imidazole rings is 1. The number of piperazine rings is 1. The second kappa shape index (κ2) is 6.51. The highest BCUT2D eigenvalue weighted by atomic mass is 16.2. The highest BCUT2D eigenvalue weighted by Gasteiger charge is 2.22. The van der Waals surface area contributed by atoms with Gasteiger partial charge in [-0.05, 0) is 13.5 Å². The van der Waals surface area contributed by atoms with Gasteiger partial charge in [0, 0.05) is 45.1 Å². The normalized spacial score (nSPS) is 20.8. The molecule has 6 heteroatoms. The molecule has 0 saturated carbocycles. The Kier molecular flexibility index (Phi) is 4.72. The maximum absolute atomic E-state index is 11.9. The van der Waals surface area contributed by atoms with Crippen molar-refractivity contribution in [2.24, 2.45) is 0 Å². The Balaban J connectivity index is 1.62. The highest BCUT2D eigenvalue weighted by Crippen LogP contribution is 1.96. The number of nitrogens with zero attached hydrogens (tertiary/aromatic N) is 3. The van der Waals surface area contributed by atoms with Crippen LogP contribution in [0.15, 0.2) is 18.7 Å². The van der Waals surface area contributed by atoms with Crippen molar-refractivity contribution >= 4 is 5.91 Å². The van der Waals surface area contributed by atoms with E-state index in [9.17, 15) is 4.79 Å². The number of likely N-dealkylation sites (N-methyl/N-ethyl adjacent to an activating group) is 1. The molecule has 1 saturated heterocycles. The fourth-order valence-corrected chi connectivity index (χ4v) is 2.09. The number of hydrogen-bond acceptors (Lipinski definition) is 4. The third-order valence-corrected chi connectivity index (χ3v) is 3.15. The minimum atomic E-state index is -0.0722. The second-order valence-electron chi connectivity index (χ2n) is 4.71. The van der Waals surface area contributed by atoms with E-state index in [1.54, 1.807) is 12.5 Å². The van der Waals surface area contributed by atoms with Gasteiger partial charge in [-0.3, -0.25) is 4.79 Å². The van der Waals surface area contributed by atoms with E-state index in [1.807, 2.05) is 17.8 Å². The molecule has 6 nitrogen and oxygen atoms in total. The van der Waals surface area contributed by atoms with Gasteiger partial charge in [-0.25, -0.2) is 4.98 Å². The molecule has 1 aliphatic heterocycles. The molecule has 18 heavy (non-hydrogen) atoms. The molecule has 1 atom stereocenters. The first-order valence-electron chi connectivity index (χ1n) is 6.41. The Morgan fingerprint density at radius 2 is 2.50 bits per heavy atom. The van der Waals surface area contributed by atoms with Gasteiger partial charge in [0.25, 0.3) is 0 Å². The number of carbonyl (C=O) groups excluding carboxylic acids is 1. The fourth-order valence-electron chi connectivity index (χ4n) is 2.09. The van der Waals surface area contributed by atoms with Gasteiger partial charge in [0.05, 0.1) is 12.4 Å². The topological polar surface area (TPSA) is 62.2 Å². The first kappa shape index (κ1) is 13.0. The third kappa shape index (κ3) is 3.82. The Morgan fingerprint density at radius 3 is 3.22 bits per heavy atom. The number of aromatic nitrogens is 2. The molecule has 1 aromatic heterocycles. The van der Waals surface area contributed by atoms with Crippen molar-refractivity contribution in [2.75, 3.05) is 33.2 Å². The zero-order valence-electron chi connectivity index (χ0n) is 10.8. The number of amides is 1. The minimum Gasteiger partial charge on any atom is -0.355 e. The van der Waals surface area contributed by atoms with Crippen LogP contribution in [-0.2, 0) is 11.3 Å². The van der Waals surface area contributed by atoms with Crippen molar-refractivity contribution in [2.45, 2.75) is 19.0 Å². The summed E-state index contributed by atoms with van der Waals surface area (Å²) >= 11 is 0. The predicted molar refractivity (Wildman–Crippen MR) is 69.1 cm³/mol. The summed E-state index contributed by atoms with van der Waals surface area (Å²) < 4.78 is 2.01. The Morgan fingerprint density at radius 1 is 1.61 bits per heavy atom. The van der Waals surface area contributed by atoms with E-state index in [2.05, 4.69) is 20.5 Å². The largest absolute Gasteiger partial charge is 0.355 e. The number of carbonyl (C=O) groups is 1. The van der Waals surface area contributed by atoms with E-state index >= 15 is 0 Å². The zero-order chi connectivity index (χ0) is 12.8. The summed E-state index contributed by atoms with van der Waals surface area (Å²) in [7, 11) is 2.04. The van der Waals surface area contributed by atoms with Gasteiger partial charge in [0.2, 0.25) is 5.91 Å². The van der Waals surface area contributed by atoms with Gasteiger partial charge in [0.15, 0.2) is 0 Å². The molecule has 2 rings (SSSR count). The molecule has 0 radical (unpaired) electrons. The van der Waals surface area contributed by atoms with Gasteiger partial charge in [-0.15, -0.1) is 0 Å². The van der Waals surface area contributed by atoms with Crippen LogP contribution in [0.3, 0.4) is 0 Å². The molecule has 0 spiro atoms. The average Bonchev–Trinajstić information content (AvgIpc) is 2.87. The highest BCUT2D eigenvalue weighted by molar-refractivity contribution is 5.82. The molecular formula is C12H21N5O. The standard InChI is InChI=1S/C12H21N5O/c1-16-7-5-14-11(9-16)12(18)15-3-2-6-17-8-4-13-10-17/h4,8,10-11,14H,2-3,5-7,9H2,1H3,(H,15,18). The summed E-state index contributed by atoms with van der Waals surface area (Å²) in [5, 5.41) is 6.21. The van der Waals surface area contributed by atoms with Gasteiger partial charge in [0.1, 0.15) is 0 Å². The molecule has 0 bridgehead atoms. The van der Waals surface area contributed by atoms with Crippen molar-refractivity contribution in [3.05, 3.63) is 18.7 Å². The SMILES string of the molecule is CN1CCNC(C(=O)NCCCn2ccnc2)C1. The van der Waals surface area contributed by atoms with Crippen molar-refractivity contribution < 1.29 is 4.79 Å². The maximum atomic E-state index is 11.9. The van der Waals surface area contributed by atoms with Crippen molar-refractivity contribution in [1.29, 1.82) is 0 Å². The number of hydrogen-bond donors (Lipinski definition) is 2. The average molecular weight is 251 g/mol. The lowest BCUT2D eigenvalue weighted by Crippen LogP contribution is -2.56. The van der Waals surface area contributed by atoms with E-state index in [1.165, 1.54) is 0 Å². The van der Waals surface area contributed by atoms with E-state index < -0.39 is 0 Å². The van der Waals surface area contributed by atoms with Crippen LogP contribution in [0.5, 0.6) is 0 Å². The Bertz CT molecular complexity index is 365. The lowest BCUT2D eigenvalue weighted by atomic mass is 10.2. The van der Waals surface area contributed by atoms with E-state index in [0.29, 0.717) is 6.54 Å². The summed E-state index contributed by atoms with van der Waals surface area (Å²) in [6, 6.07) is -0.0722. The molecule has 1 unspecified atom stereocenters. The van der Waals surface area contributed by atoms with Gasteiger partial charge < -0.3 is 20.1 Å². The second-order valence-corrected chi connectivity index (χ2v) is 4.71. The fraction of sp³-hybridized carbons (Fsp3) is 0.667. The van der Waals surface area contributed by atoms with Crippen LogP contribution in [0.2, 0.25) is 0 Å². The van der Waals surface area contributed by atoms with Crippen LogP contribution in [0, 0.1) is 0 Å². The first-order chi connectivity index (χ1) is 8.75.